The first-order valence-electron chi connectivity index (χ1n) is 8.76. The fourth-order valence-electron chi connectivity index (χ4n) is 4.10. The maximum Gasteiger partial charge on any atom is 0.246 e. The van der Waals surface area contributed by atoms with Crippen LogP contribution in [0.15, 0.2) is 71.9 Å². The fraction of sp³-hybridized carbons (Fsp3) is 0.136. The molecule has 3 heterocycles. The highest BCUT2D eigenvalue weighted by Crippen LogP contribution is 2.39. The van der Waals surface area contributed by atoms with Crippen LogP contribution in [0, 0.1) is 0 Å². The number of rotatable bonds is 2. The van der Waals surface area contributed by atoms with Gasteiger partial charge >= 0.3 is 0 Å². The maximum atomic E-state index is 12.6. The number of nitrogens with zero attached hydrogens (tertiary/aromatic N) is 1. The minimum absolute atomic E-state index is 0.0494. The summed E-state index contributed by atoms with van der Waals surface area (Å²) in [4.78, 5) is 18.0. The third-order valence-corrected chi connectivity index (χ3v) is 5.28. The average molecular weight is 342 g/mol. The molecule has 0 fully saturated rings. The number of furan rings is 1. The molecule has 26 heavy (non-hydrogen) atoms. The smallest absolute Gasteiger partial charge is 0.246 e. The number of carbonyl (C=O) groups excluding carboxylic acids is 1. The van der Waals surface area contributed by atoms with E-state index < -0.39 is 0 Å². The van der Waals surface area contributed by atoms with Gasteiger partial charge in [-0.3, -0.25) is 4.79 Å². The molecule has 4 aromatic rings. The highest BCUT2D eigenvalue weighted by Gasteiger charge is 2.33. The monoisotopic (exact) mass is 342 g/mol. The Morgan fingerprint density at radius 2 is 2.12 bits per heavy atom. The molecule has 128 valence electrons. The van der Waals surface area contributed by atoms with E-state index in [9.17, 15) is 4.79 Å². The summed E-state index contributed by atoms with van der Waals surface area (Å²) in [6, 6.07) is 16.2. The molecule has 1 atom stereocenters. The topological polar surface area (TPSA) is 49.2 Å². The van der Waals surface area contributed by atoms with Gasteiger partial charge in [0.25, 0.3) is 0 Å². The average Bonchev–Trinajstić information content (AvgIpc) is 3.30. The van der Waals surface area contributed by atoms with Gasteiger partial charge in [0.1, 0.15) is 5.58 Å². The summed E-state index contributed by atoms with van der Waals surface area (Å²) in [5.74, 6) is -0.0494. The number of amides is 1. The van der Waals surface area contributed by atoms with Gasteiger partial charge in [-0.1, -0.05) is 30.8 Å². The van der Waals surface area contributed by atoms with E-state index in [1.54, 1.807) is 6.26 Å². The normalized spacial score (nSPS) is 16.8. The van der Waals surface area contributed by atoms with Crippen molar-refractivity contribution in [3.05, 3.63) is 84.3 Å². The Labute approximate surface area is 150 Å². The fourth-order valence-corrected chi connectivity index (χ4v) is 4.10. The van der Waals surface area contributed by atoms with Gasteiger partial charge in [0, 0.05) is 28.5 Å². The zero-order chi connectivity index (χ0) is 17.7. The van der Waals surface area contributed by atoms with Crippen LogP contribution in [0.1, 0.15) is 22.9 Å². The van der Waals surface area contributed by atoms with E-state index >= 15 is 0 Å². The second-order valence-electron chi connectivity index (χ2n) is 6.67. The van der Waals surface area contributed by atoms with Crippen LogP contribution in [0.4, 0.5) is 0 Å². The zero-order valence-corrected chi connectivity index (χ0v) is 14.2. The summed E-state index contributed by atoms with van der Waals surface area (Å²) in [7, 11) is 0. The predicted molar refractivity (Wildman–Crippen MR) is 102 cm³/mol. The predicted octanol–water partition coefficient (Wildman–Crippen LogP) is 4.57. The van der Waals surface area contributed by atoms with Crippen LogP contribution in [0.25, 0.3) is 21.9 Å². The Kier molecular flexibility index (Phi) is 3.25. The van der Waals surface area contributed by atoms with Gasteiger partial charge < -0.3 is 14.3 Å². The molecule has 0 saturated carbocycles. The Morgan fingerprint density at radius 3 is 3.00 bits per heavy atom. The first kappa shape index (κ1) is 15.0. The molecule has 1 aliphatic heterocycles. The van der Waals surface area contributed by atoms with Gasteiger partial charge in [-0.2, -0.15) is 0 Å². The quantitative estimate of drug-likeness (QED) is 0.542. The lowest BCUT2D eigenvalue weighted by molar-refractivity contribution is -0.128. The van der Waals surface area contributed by atoms with Crippen molar-refractivity contribution in [2.45, 2.75) is 12.5 Å². The van der Waals surface area contributed by atoms with E-state index in [-0.39, 0.29) is 11.9 Å². The minimum atomic E-state index is -0.157. The molecule has 0 spiro atoms. The van der Waals surface area contributed by atoms with Crippen LogP contribution in [0.3, 0.4) is 0 Å². The van der Waals surface area contributed by atoms with E-state index in [1.165, 1.54) is 17.0 Å². The van der Waals surface area contributed by atoms with E-state index in [1.807, 2.05) is 29.2 Å². The largest absolute Gasteiger partial charge is 0.464 e. The molecule has 0 bridgehead atoms. The molecule has 0 radical (unpaired) electrons. The Hall–Kier alpha value is -3.27. The highest BCUT2D eigenvalue weighted by molar-refractivity contribution is 5.90. The van der Waals surface area contributed by atoms with Gasteiger partial charge in [0.2, 0.25) is 5.91 Å². The second-order valence-corrected chi connectivity index (χ2v) is 6.67. The molecule has 2 aromatic carbocycles. The van der Waals surface area contributed by atoms with Crippen LogP contribution in [-0.2, 0) is 11.2 Å². The summed E-state index contributed by atoms with van der Waals surface area (Å²) in [5, 5.41) is 2.28. The standard InChI is InChI=1S/C22H18N2O2/c1-2-20(25)24-11-9-17-16-5-3-4-6-18(16)23-21(17)22(24)15-7-8-19-14(13-15)10-12-26-19/h2-8,10,12-13,22-23H,1,9,11H2. The lowest BCUT2D eigenvalue weighted by atomic mass is 9.91. The van der Waals surface area contributed by atoms with Crippen molar-refractivity contribution in [1.29, 1.82) is 0 Å². The van der Waals surface area contributed by atoms with Crippen molar-refractivity contribution >= 4 is 27.8 Å². The van der Waals surface area contributed by atoms with Crippen LogP contribution in [0.2, 0.25) is 0 Å². The van der Waals surface area contributed by atoms with Gasteiger partial charge in [0.05, 0.1) is 12.3 Å². The van der Waals surface area contributed by atoms with Crippen molar-refractivity contribution in [3.63, 3.8) is 0 Å². The van der Waals surface area contributed by atoms with Gasteiger partial charge in [-0.15, -0.1) is 0 Å². The minimum Gasteiger partial charge on any atom is -0.464 e. The number of nitrogens with one attached hydrogen (secondary N) is 1. The SMILES string of the molecule is C=CC(=O)N1CCc2c([nH]c3ccccc23)C1c1ccc2occc2c1. The summed E-state index contributed by atoms with van der Waals surface area (Å²) in [5.41, 5.74) is 5.42. The molecule has 1 amide bonds. The molecule has 1 aliphatic rings. The second kappa shape index (κ2) is 5.63. The van der Waals surface area contributed by atoms with Crippen molar-refractivity contribution in [3.8, 4) is 0 Å². The third kappa shape index (κ3) is 2.12. The molecule has 1 N–H and O–H groups in total. The lowest BCUT2D eigenvalue weighted by Crippen LogP contribution is -2.39. The lowest BCUT2D eigenvalue weighted by Gasteiger charge is -2.35. The van der Waals surface area contributed by atoms with Crippen molar-refractivity contribution in [2.75, 3.05) is 6.54 Å². The molecule has 5 rings (SSSR count). The number of benzene rings is 2. The molecular weight excluding hydrogens is 324 g/mol. The number of fused-ring (bicyclic) bond motifs is 4. The van der Waals surface area contributed by atoms with Crippen molar-refractivity contribution in [1.82, 2.24) is 9.88 Å². The van der Waals surface area contributed by atoms with E-state index in [0.717, 1.165) is 34.2 Å². The number of hydrogen-bond donors (Lipinski definition) is 1. The first-order valence-corrected chi connectivity index (χ1v) is 8.76. The molecule has 0 saturated heterocycles. The molecule has 1 unspecified atom stereocenters. The van der Waals surface area contributed by atoms with E-state index in [2.05, 4.69) is 35.8 Å². The van der Waals surface area contributed by atoms with Crippen molar-refractivity contribution in [2.24, 2.45) is 0 Å². The summed E-state index contributed by atoms with van der Waals surface area (Å²) in [6.45, 7) is 4.36. The number of aromatic amines is 1. The Morgan fingerprint density at radius 1 is 1.23 bits per heavy atom. The molecule has 4 heteroatoms. The zero-order valence-electron chi connectivity index (χ0n) is 14.2. The van der Waals surface area contributed by atoms with Gasteiger partial charge in [0.15, 0.2) is 0 Å². The number of hydrogen-bond acceptors (Lipinski definition) is 2. The summed E-state index contributed by atoms with van der Waals surface area (Å²) in [6.07, 6.45) is 3.93. The van der Waals surface area contributed by atoms with E-state index in [4.69, 9.17) is 4.42 Å². The summed E-state index contributed by atoms with van der Waals surface area (Å²) >= 11 is 0. The van der Waals surface area contributed by atoms with Gasteiger partial charge in [-0.05, 0) is 47.9 Å². The first-order chi connectivity index (χ1) is 12.8. The van der Waals surface area contributed by atoms with Crippen LogP contribution >= 0.6 is 0 Å². The molecule has 0 aliphatic carbocycles. The number of aromatic nitrogens is 1. The van der Waals surface area contributed by atoms with Crippen LogP contribution < -0.4 is 0 Å². The highest BCUT2D eigenvalue weighted by atomic mass is 16.3. The van der Waals surface area contributed by atoms with E-state index in [0.29, 0.717) is 6.54 Å². The molecular formula is C22H18N2O2. The van der Waals surface area contributed by atoms with Gasteiger partial charge in [-0.25, -0.2) is 0 Å². The summed E-state index contributed by atoms with van der Waals surface area (Å²) < 4.78 is 5.47. The number of carbonyl (C=O) groups is 1. The number of H-pyrrole nitrogens is 1. The Bertz CT molecular complexity index is 1150. The Balaban J connectivity index is 1.74. The maximum absolute atomic E-state index is 12.6. The number of para-hydroxylation sites is 1. The van der Waals surface area contributed by atoms with Crippen LogP contribution in [0.5, 0.6) is 0 Å². The molecule has 2 aromatic heterocycles. The van der Waals surface area contributed by atoms with Crippen molar-refractivity contribution < 1.29 is 9.21 Å². The van der Waals surface area contributed by atoms with Crippen LogP contribution in [-0.4, -0.2) is 22.3 Å². The third-order valence-electron chi connectivity index (χ3n) is 5.28. The molecule has 4 nitrogen and oxygen atoms in total.